The summed E-state index contributed by atoms with van der Waals surface area (Å²) in [7, 11) is 0. The van der Waals surface area contributed by atoms with E-state index in [2.05, 4.69) is 159 Å². The first-order chi connectivity index (χ1) is 27.7. The third-order valence-electron chi connectivity index (χ3n) is 10.1. The lowest BCUT2D eigenvalue weighted by molar-refractivity contribution is -0.115. The van der Waals surface area contributed by atoms with Crippen molar-refractivity contribution < 1.29 is 14.3 Å². The van der Waals surface area contributed by atoms with Crippen molar-refractivity contribution in [2.24, 2.45) is 0 Å². The summed E-state index contributed by atoms with van der Waals surface area (Å²) < 4.78 is 12.7. The number of carbonyl (C=O) groups is 1. The van der Waals surface area contributed by atoms with Gasteiger partial charge < -0.3 is 19.3 Å². The van der Waals surface area contributed by atoms with Crippen LogP contribution in [0.4, 0.5) is 34.1 Å². The van der Waals surface area contributed by atoms with Crippen LogP contribution in [0.1, 0.15) is 38.9 Å². The number of nitrogens with zero attached hydrogens (tertiary/aromatic N) is 2. The molecule has 1 aliphatic heterocycles. The van der Waals surface area contributed by atoms with Crippen molar-refractivity contribution in [3.8, 4) is 11.5 Å². The number of fused-ring (bicyclic) bond motifs is 1. The van der Waals surface area contributed by atoms with E-state index in [1.807, 2.05) is 49.4 Å². The summed E-state index contributed by atoms with van der Waals surface area (Å²) in [5, 5.41) is 0. The number of hydrogen-bond donors (Lipinski definition) is 0. The summed E-state index contributed by atoms with van der Waals surface area (Å²) >= 11 is 0. The average Bonchev–Trinajstić information content (AvgIpc) is 3.34. The Balaban J connectivity index is 1.12. The predicted molar refractivity (Wildman–Crippen MR) is 235 cm³/mol. The van der Waals surface area contributed by atoms with Crippen LogP contribution in [0.3, 0.4) is 0 Å². The number of hydrogen-bond acceptors (Lipinski definition) is 5. The van der Waals surface area contributed by atoms with Gasteiger partial charge in [0.05, 0.1) is 0 Å². The summed E-state index contributed by atoms with van der Waals surface area (Å²) in [4.78, 5) is 18.8. The zero-order chi connectivity index (χ0) is 39.5. The third kappa shape index (κ3) is 8.29. The smallest absolute Gasteiger partial charge is 0.263 e. The van der Waals surface area contributed by atoms with E-state index in [-0.39, 0.29) is 17.3 Å². The molecular formula is C52H44N2O3. The number of anilines is 6. The minimum absolute atomic E-state index is 0.173. The molecule has 7 aromatic rings. The summed E-state index contributed by atoms with van der Waals surface area (Å²) in [6, 6.07) is 56.0. The summed E-state index contributed by atoms with van der Waals surface area (Å²) in [5.41, 5.74) is 13.7. The lowest BCUT2D eigenvalue weighted by Gasteiger charge is -2.26. The second kappa shape index (κ2) is 15.9. The molecule has 0 bridgehead atoms. The van der Waals surface area contributed by atoms with Crippen LogP contribution in [0.25, 0.3) is 12.2 Å². The van der Waals surface area contributed by atoms with Gasteiger partial charge in [-0.1, -0.05) is 101 Å². The first kappa shape index (κ1) is 36.8. The molecule has 1 aliphatic rings. The van der Waals surface area contributed by atoms with Gasteiger partial charge in [-0.2, -0.15) is 0 Å². The fourth-order valence-corrected chi connectivity index (χ4v) is 6.83. The topological polar surface area (TPSA) is 42.0 Å². The van der Waals surface area contributed by atoms with Crippen LogP contribution in [0.15, 0.2) is 175 Å². The van der Waals surface area contributed by atoms with Crippen LogP contribution >= 0.6 is 0 Å². The number of Topliss-reactive ketones (excluding diaryl/α,β-unsaturated/α-hetero) is 1. The van der Waals surface area contributed by atoms with Crippen LogP contribution in [-0.4, -0.2) is 5.78 Å². The highest BCUT2D eigenvalue weighted by Gasteiger charge is 2.27. The fourth-order valence-electron chi connectivity index (χ4n) is 6.83. The molecule has 0 atom stereocenters. The molecule has 7 aromatic carbocycles. The number of ether oxygens (including phenoxy) is 2. The second-order valence-corrected chi connectivity index (χ2v) is 14.7. The monoisotopic (exact) mass is 744 g/mol. The van der Waals surface area contributed by atoms with Crippen LogP contribution in [0.2, 0.25) is 0 Å². The van der Waals surface area contributed by atoms with E-state index >= 15 is 0 Å². The van der Waals surface area contributed by atoms with Gasteiger partial charge in [-0.25, -0.2) is 0 Å². The van der Waals surface area contributed by atoms with Crippen LogP contribution in [0.5, 0.6) is 11.5 Å². The Kier molecular flexibility index (Phi) is 10.3. The molecule has 0 N–H and O–H groups in total. The molecule has 57 heavy (non-hydrogen) atoms. The number of carbonyl (C=O) groups excluding carboxylic acids is 1. The van der Waals surface area contributed by atoms with E-state index < -0.39 is 0 Å². The van der Waals surface area contributed by atoms with E-state index in [4.69, 9.17) is 9.47 Å². The van der Waals surface area contributed by atoms with Gasteiger partial charge >= 0.3 is 0 Å². The fraction of sp³-hybridized carbons (Fsp3) is 0.0962. The maximum absolute atomic E-state index is 14.3. The van der Waals surface area contributed by atoms with Crippen LogP contribution in [0, 0.1) is 34.6 Å². The van der Waals surface area contributed by atoms with Crippen molar-refractivity contribution in [3.05, 3.63) is 214 Å². The number of aryl methyl sites for hydroxylation is 5. The van der Waals surface area contributed by atoms with Gasteiger partial charge in [0.15, 0.2) is 23.0 Å². The zero-order valence-corrected chi connectivity index (χ0v) is 32.9. The van der Waals surface area contributed by atoms with Crippen LogP contribution in [-0.2, 0) is 4.79 Å². The molecule has 280 valence electrons. The molecule has 0 saturated heterocycles. The average molecular weight is 745 g/mol. The highest BCUT2D eigenvalue weighted by molar-refractivity contribution is 6.11. The molecule has 5 heteroatoms. The number of benzene rings is 7. The normalized spacial score (nSPS) is 13.7. The molecule has 0 radical (unpaired) electrons. The van der Waals surface area contributed by atoms with Gasteiger partial charge in [-0.05, 0) is 148 Å². The number of ketones is 1. The molecule has 0 fully saturated rings. The van der Waals surface area contributed by atoms with Gasteiger partial charge in [0, 0.05) is 34.1 Å². The van der Waals surface area contributed by atoms with E-state index in [1.54, 1.807) is 12.2 Å². The van der Waals surface area contributed by atoms with Crippen molar-refractivity contribution in [1.29, 1.82) is 0 Å². The van der Waals surface area contributed by atoms with Crippen molar-refractivity contribution >= 4 is 52.1 Å². The third-order valence-corrected chi connectivity index (χ3v) is 10.1. The maximum atomic E-state index is 14.3. The SMILES string of the molecule is Cc1ccc(N(c2ccc(C)cc2)c2ccc(C=C3Oc4ccc(C)cc4OC(=Cc4ccc(N(c5ccc(C)cc5)c5ccc(C)cc5)cc4)C3=O)cc2)cc1. The van der Waals surface area contributed by atoms with Crippen molar-refractivity contribution in [2.45, 2.75) is 34.6 Å². The van der Waals surface area contributed by atoms with Crippen molar-refractivity contribution in [1.82, 2.24) is 0 Å². The molecule has 0 unspecified atom stereocenters. The molecule has 0 aromatic heterocycles. The highest BCUT2D eigenvalue weighted by atomic mass is 16.5. The second-order valence-electron chi connectivity index (χ2n) is 14.7. The lowest BCUT2D eigenvalue weighted by Crippen LogP contribution is -2.12. The summed E-state index contributed by atoms with van der Waals surface area (Å²) in [6.45, 7) is 10.4. The van der Waals surface area contributed by atoms with Crippen LogP contribution < -0.4 is 19.3 Å². The molecule has 1 heterocycles. The molecule has 0 amide bonds. The lowest BCUT2D eigenvalue weighted by atomic mass is 10.1. The molecule has 0 saturated carbocycles. The minimum Gasteiger partial charge on any atom is -0.449 e. The van der Waals surface area contributed by atoms with Gasteiger partial charge in [-0.15, -0.1) is 0 Å². The summed E-state index contributed by atoms with van der Waals surface area (Å²) in [6.07, 6.45) is 3.57. The van der Waals surface area contributed by atoms with Crippen molar-refractivity contribution in [2.75, 3.05) is 9.80 Å². The molecule has 8 rings (SSSR count). The predicted octanol–water partition coefficient (Wildman–Crippen LogP) is 13.6. The van der Waals surface area contributed by atoms with Gasteiger partial charge in [-0.3, -0.25) is 4.79 Å². The Morgan fingerprint density at radius 1 is 0.351 bits per heavy atom. The van der Waals surface area contributed by atoms with Gasteiger partial charge in [0.2, 0.25) is 0 Å². The molecule has 5 nitrogen and oxygen atoms in total. The Morgan fingerprint density at radius 2 is 0.632 bits per heavy atom. The molecule has 0 spiro atoms. The Labute approximate surface area is 335 Å². The Bertz CT molecular complexity index is 2500. The maximum Gasteiger partial charge on any atom is 0.263 e. The quantitative estimate of drug-likeness (QED) is 0.145. The minimum atomic E-state index is -0.348. The first-order valence-electron chi connectivity index (χ1n) is 19.2. The van der Waals surface area contributed by atoms with Gasteiger partial charge in [0.25, 0.3) is 5.78 Å². The van der Waals surface area contributed by atoms with Gasteiger partial charge in [0.1, 0.15) is 0 Å². The first-order valence-corrected chi connectivity index (χ1v) is 19.2. The molecular weight excluding hydrogens is 701 g/mol. The highest BCUT2D eigenvalue weighted by Crippen LogP contribution is 2.39. The summed E-state index contributed by atoms with van der Waals surface area (Å²) in [5.74, 6) is 0.966. The van der Waals surface area contributed by atoms with E-state index in [1.165, 1.54) is 22.3 Å². The zero-order valence-electron chi connectivity index (χ0n) is 32.9. The number of rotatable bonds is 8. The van der Waals surface area contributed by atoms with E-state index in [9.17, 15) is 4.79 Å². The van der Waals surface area contributed by atoms with E-state index in [0.29, 0.717) is 11.5 Å². The molecule has 0 aliphatic carbocycles. The largest absolute Gasteiger partial charge is 0.449 e. The Morgan fingerprint density at radius 3 is 0.965 bits per heavy atom. The Hall–Kier alpha value is -7.11. The standard InChI is InChI=1S/C52H44N2O3/c1-35-6-19-42(20-7-35)53(43-21-8-36(2)9-22-43)46-27-15-40(16-28-46)33-50-52(55)51(57-49-32-39(5)14-31-48(49)56-50)34-41-17-29-47(30-18-41)54(44-23-10-37(3)11-24-44)45-25-12-38(4)13-26-45/h6-34H,1-5H3. The van der Waals surface area contributed by atoms with Crippen molar-refractivity contribution in [3.63, 3.8) is 0 Å². The van der Waals surface area contributed by atoms with E-state index in [0.717, 1.165) is 50.8 Å².